The number of amides is 2. The summed E-state index contributed by atoms with van der Waals surface area (Å²) in [5.74, 6) is -2.15. The molecule has 0 aliphatic heterocycles. The lowest BCUT2D eigenvalue weighted by Crippen LogP contribution is -2.49. The van der Waals surface area contributed by atoms with E-state index in [1.165, 1.54) is 13.8 Å². The SMILES string of the molecule is C[C@H](NC(=O)[C@H](C)NC(=O)c1cc2cc(Cl)ccc2n1C)C(=O)O. The Kier molecular flexibility index (Phi) is 5.14. The average molecular weight is 352 g/mol. The molecule has 0 aliphatic rings. The molecule has 2 amide bonds. The van der Waals surface area contributed by atoms with Gasteiger partial charge in [0.2, 0.25) is 5.91 Å². The fourth-order valence-corrected chi connectivity index (χ4v) is 2.45. The Balaban J connectivity index is 2.13. The minimum absolute atomic E-state index is 0.373. The predicted octanol–water partition coefficient (Wildman–Crippen LogP) is 1.54. The second-order valence-corrected chi connectivity index (χ2v) is 5.99. The molecule has 0 unspecified atom stereocenters. The van der Waals surface area contributed by atoms with E-state index in [-0.39, 0.29) is 0 Å². The van der Waals surface area contributed by atoms with Crippen LogP contribution in [0.2, 0.25) is 5.02 Å². The van der Waals surface area contributed by atoms with E-state index in [4.69, 9.17) is 16.7 Å². The first-order valence-electron chi connectivity index (χ1n) is 7.29. The summed E-state index contributed by atoms with van der Waals surface area (Å²) in [5, 5.41) is 15.0. The largest absolute Gasteiger partial charge is 0.480 e. The average Bonchev–Trinajstić information content (AvgIpc) is 2.83. The predicted molar refractivity (Wildman–Crippen MR) is 90.1 cm³/mol. The molecular formula is C16H18ClN3O4. The van der Waals surface area contributed by atoms with Crippen molar-refractivity contribution in [1.82, 2.24) is 15.2 Å². The van der Waals surface area contributed by atoms with Crippen LogP contribution in [0.15, 0.2) is 24.3 Å². The van der Waals surface area contributed by atoms with Gasteiger partial charge in [-0.3, -0.25) is 14.4 Å². The van der Waals surface area contributed by atoms with Crippen LogP contribution in [0.1, 0.15) is 24.3 Å². The van der Waals surface area contributed by atoms with Gasteiger partial charge in [0.05, 0.1) is 0 Å². The Morgan fingerprint density at radius 3 is 2.42 bits per heavy atom. The molecule has 1 aromatic heterocycles. The van der Waals surface area contributed by atoms with E-state index in [1.54, 1.807) is 35.9 Å². The van der Waals surface area contributed by atoms with Gasteiger partial charge >= 0.3 is 5.97 Å². The highest BCUT2D eigenvalue weighted by molar-refractivity contribution is 6.31. The van der Waals surface area contributed by atoms with E-state index in [1.807, 2.05) is 0 Å². The number of carboxylic acids is 1. The maximum absolute atomic E-state index is 12.4. The van der Waals surface area contributed by atoms with Gasteiger partial charge in [0.15, 0.2) is 0 Å². The topological polar surface area (TPSA) is 100 Å². The number of aromatic nitrogens is 1. The lowest BCUT2D eigenvalue weighted by molar-refractivity contribution is -0.141. The fraction of sp³-hybridized carbons (Fsp3) is 0.312. The summed E-state index contributed by atoms with van der Waals surface area (Å²) in [6, 6.07) is 5.06. The standard InChI is InChI=1S/C16H18ClN3O4/c1-8(14(21)19-9(2)16(23)24)18-15(22)13-7-10-6-11(17)4-5-12(10)20(13)3/h4-9H,1-3H3,(H,18,22)(H,19,21)(H,23,24)/t8-,9-/m0/s1. The van der Waals surface area contributed by atoms with Crippen molar-refractivity contribution in [3.05, 3.63) is 35.0 Å². The number of carboxylic acid groups (broad SMARTS) is 1. The summed E-state index contributed by atoms with van der Waals surface area (Å²) in [6.45, 7) is 2.84. The van der Waals surface area contributed by atoms with Gasteiger partial charge in [0.1, 0.15) is 17.8 Å². The smallest absolute Gasteiger partial charge is 0.325 e. The zero-order valence-electron chi connectivity index (χ0n) is 13.5. The second-order valence-electron chi connectivity index (χ2n) is 5.56. The van der Waals surface area contributed by atoms with E-state index in [9.17, 15) is 14.4 Å². The van der Waals surface area contributed by atoms with E-state index < -0.39 is 29.9 Å². The van der Waals surface area contributed by atoms with Crippen molar-refractivity contribution >= 4 is 40.3 Å². The molecule has 7 nitrogen and oxygen atoms in total. The van der Waals surface area contributed by atoms with E-state index in [2.05, 4.69) is 10.6 Å². The lowest BCUT2D eigenvalue weighted by Gasteiger charge is -2.16. The van der Waals surface area contributed by atoms with Crippen molar-refractivity contribution in [2.24, 2.45) is 7.05 Å². The molecule has 1 heterocycles. The molecule has 128 valence electrons. The Morgan fingerprint density at radius 2 is 1.79 bits per heavy atom. The first kappa shape index (κ1) is 17.8. The number of halogens is 1. The van der Waals surface area contributed by atoms with E-state index in [0.717, 1.165) is 10.9 Å². The molecule has 24 heavy (non-hydrogen) atoms. The Bertz CT molecular complexity index is 815. The molecule has 2 aromatic rings. The van der Waals surface area contributed by atoms with Crippen molar-refractivity contribution in [3.63, 3.8) is 0 Å². The van der Waals surface area contributed by atoms with Gasteiger partial charge in [-0.25, -0.2) is 0 Å². The highest BCUT2D eigenvalue weighted by atomic mass is 35.5. The molecule has 2 rings (SSSR count). The summed E-state index contributed by atoms with van der Waals surface area (Å²) in [4.78, 5) is 35.1. The molecule has 0 aliphatic carbocycles. The van der Waals surface area contributed by atoms with Crippen molar-refractivity contribution in [2.45, 2.75) is 25.9 Å². The number of aryl methyl sites for hydroxylation is 1. The first-order chi connectivity index (χ1) is 11.2. The van der Waals surface area contributed by atoms with Crippen molar-refractivity contribution in [1.29, 1.82) is 0 Å². The summed E-state index contributed by atoms with van der Waals surface area (Å²) in [5.41, 5.74) is 1.21. The van der Waals surface area contributed by atoms with Crippen LogP contribution in [0.5, 0.6) is 0 Å². The Labute approximate surface area is 143 Å². The summed E-state index contributed by atoms with van der Waals surface area (Å²) < 4.78 is 1.70. The van der Waals surface area contributed by atoms with Crippen LogP contribution in [0, 0.1) is 0 Å². The molecule has 1 aromatic carbocycles. The number of hydrogen-bond donors (Lipinski definition) is 3. The van der Waals surface area contributed by atoms with Crippen LogP contribution in [-0.2, 0) is 16.6 Å². The normalized spacial score (nSPS) is 13.3. The number of hydrogen-bond acceptors (Lipinski definition) is 3. The number of carbonyl (C=O) groups is 3. The molecule has 0 radical (unpaired) electrons. The zero-order valence-corrected chi connectivity index (χ0v) is 14.2. The molecular weight excluding hydrogens is 334 g/mol. The van der Waals surface area contributed by atoms with Crippen LogP contribution in [-0.4, -0.2) is 39.5 Å². The van der Waals surface area contributed by atoms with Crippen LogP contribution >= 0.6 is 11.6 Å². The zero-order chi connectivity index (χ0) is 18.0. The van der Waals surface area contributed by atoms with Crippen LogP contribution in [0.4, 0.5) is 0 Å². The summed E-state index contributed by atoms with van der Waals surface area (Å²) in [7, 11) is 1.74. The highest BCUT2D eigenvalue weighted by Crippen LogP contribution is 2.22. The van der Waals surface area contributed by atoms with Crippen molar-refractivity contribution in [2.75, 3.05) is 0 Å². The van der Waals surface area contributed by atoms with Gasteiger partial charge in [0.25, 0.3) is 5.91 Å². The Morgan fingerprint density at radius 1 is 1.12 bits per heavy atom. The summed E-state index contributed by atoms with van der Waals surface area (Å²) in [6.07, 6.45) is 0. The van der Waals surface area contributed by atoms with E-state index in [0.29, 0.717) is 10.7 Å². The fourth-order valence-electron chi connectivity index (χ4n) is 2.27. The van der Waals surface area contributed by atoms with Gasteiger partial charge in [-0.2, -0.15) is 0 Å². The minimum Gasteiger partial charge on any atom is -0.480 e. The number of aliphatic carboxylic acids is 1. The quantitative estimate of drug-likeness (QED) is 0.760. The third-order valence-corrected chi connectivity index (χ3v) is 3.94. The number of fused-ring (bicyclic) bond motifs is 1. The second kappa shape index (κ2) is 6.92. The van der Waals surface area contributed by atoms with Crippen LogP contribution in [0.3, 0.4) is 0 Å². The maximum Gasteiger partial charge on any atom is 0.325 e. The van der Waals surface area contributed by atoms with Gasteiger partial charge in [0, 0.05) is 23.0 Å². The minimum atomic E-state index is -1.15. The van der Waals surface area contributed by atoms with Gasteiger partial charge < -0.3 is 20.3 Å². The molecule has 0 bridgehead atoms. The number of nitrogens with one attached hydrogen (secondary N) is 2. The summed E-state index contributed by atoms with van der Waals surface area (Å²) >= 11 is 5.95. The Hall–Kier alpha value is -2.54. The number of nitrogens with zero attached hydrogens (tertiary/aromatic N) is 1. The van der Waals surface area contributed by atoms with E-state index >= 15 is 0 Å². The van der Waals surface area contributed by atoms with Gasteiger partial charge in [-0.05, 0) is 38.1 Å². The molecule has 3 N–H and O–H groups in total. The van der Waals surface area contributed by atoms with Gasteiger partial charge in [-0.15, -0.1) is 0 Å². The molecule has 0 saturated heterocycles. The molecule has 2 atom stereocenters. The molecule has 0 spiro atoms. The van der Waals surface area contributed by atoms with Crippen molar-refractivity contribution in [3.8, 4) is 0 Å². The molecule has 8 heteroatoms. The third-order valence-electron chi connectivity index (χ3n) is 3.71. The van der Waals surface area contributed by atoms with Crippen LogP contribution < -0.4 is 10.6 Å². The number of carbonyl (C=O) groups excluding carboxylic acids is 2. The monoisotopic (exact) mass is 351 g/mol. The molecule has 0 saturated carbocycles. The molecule has 0 fully saturated rings. The van der Waals surface area contributed by atoms with Crippen molar-refractivity contribution < 1.29 is 19.5 Å². The highest BCUT2D eigenvalue weighted by Gasteiger charge is 2.22. The van der Waals surface area contributed by atoms with Gasteiger partial charge in [-0.1, -0.05) is 11.6 Å². The maximum atomic E-state index is 12.4. The number of benzene rings is 1. The lowest BCUT2D eigenvalue weighted by atomic mass is 10.2. The first-order valence-corrected chi connectivity index (χ1v) is 7.67. The van der Waals surface area contributed by atoms with Crippen LogP contribution in [0.25, 0.3) is 10.9 Å². The number of rotatable bonds is 5. The third kappa shape index (κ3) is 3.68.